The molecule has 0 unspecified atom stereocenters. The molecule has 0 fully saturated rings. The van der Waals surface area contributed by atoms with Gasteiger partial charge in [-0.05, 0) is 46.0 Å². The molecule has 0 aromatic rings. The molecule has 21 heavy (non-hydrogen) atoms. The number of Topliss-reactive ketones (excluding diaryl/α,β-unsaturated/α-hetero) is 1. The van der Waals surface area contributed by atoms with Crippen LogP contribution in [0.25, 0.3) is 0 Å². The Bertz CT molecular complexity index is 265. The number of unbranched alkanes of at least 4 members (excludes halogenated alkanes) is 10. The van der Waals surface area contributed by atoms with Crippen LogP contribution in [-0.2, 0) is 4.79 Å². The van der Waals surface area contributed by atoms with Crippen LogP contribution in [-0.4, -0.2) is 5.78 Å². The summed E-state index contributed by atoms with van der Waals surface area (Å²) in [6, 6.07) is 0. The van der Waals surface area contributed by atoms with Gasteiger partial charge in [-0.25, -0.2) is 0 Å². The summed E-state index contributed by atoms with van der Waals surface area (Å²) >= 11 is 0. The molecule has 0 spiro atoms. The topological polar surface area (TPSA) is 17.1 Å². The van der Waals surface area contributed by atoms with Crippen LogP contribution >= 0.6 is 0 Å². The van der Waals surface area contributed by atoms with Crippen LogP contribution in [0.5, 0.6) is 0 Å². The average molecular weight is 295 g/mol. The standard InChI is InChI=1S/C20H38O/c1-4-5-6-7-8-10-13-16-19(2)17-14-11-9-12-15-18-20(3)21/h16H,4-15,17-18H2,1-3H3/b19-16+. The summed E-state index contributed by atoms with van der Waals surface area (Å²) in [4.78, 5) is 10.8. The zero-order valence-electron chi connectivity index (χ0n) is 14.9. The van der Waals surface area contributed by atoms with Crippen molar-refractivity contribution < 1.29 is 4.79 Å². The molecule has 1 nitrogen and oxygen atoms in total. The number of carbonyl (C=O) groups is 1. The van der Waals surface area contributed by atoms with Crippen LogP contribution in [0.2, 0.25) is 0 Å². The van der Waals surface area contributed by atoms with Crippen molar-refractivity contribution in [1.82, 2.24) is 0 Å². The number of allylic oxidation sites excluding steroid dienone is 2. The smallest absolute Gasteiger partial charge is 0.129 e. The Kier molecular flexibility index (Phi) is 15.3. The van der Waals surface area contributed by atoms with E-state index in [0.29, 0.717) is 5.78 Å². The lowest BCUT2D eigenvalue weighted by Gasteiger charge is -2.03. The Balaban J connectivity index is 3.30. The Morgan fingerprint density at radius 3 is 1.86 bits per heavy atom. The van der Waals surface area contributed by atoms with E-state index in [1.165, 1.54) is 77.0 Å². The summed E-state index contributed by atoms with van der Waals surface area (Å²) in [7, 11) is 0. The number of carbonyl (C=O) groups excluding carboxylic acids is 1. The van der Waals surface area contributed by atoms with Crippen LogP contribution in [0.15, 0.2) is 11.6 Å². The molecule has 0 bridgehead atoms. The average Bonchev–Trinajstić information content (AvgIpc) is 2.45. The fraction of sp³-hybridized carbons (Fsp3) is 0.850. The quantitative estimate of drug-likeness (QED) is 0.235. The van der Waals surface area contributed by atoms with Crippen LogP contribution in [0, 0.1) is 0 Å². The first-order valence-corrected chi connectivity index (χ1v) is 9.32. The van der Waals surface area contributed by atoms with Gasteiger partial charge in [0.2, 0.25) is 0 Å². The van der Waals surface area contributed by atoms with Crippen molar-refractivity contribution in [2.24, 2.45) is 0 Å². The third kappa shape index (κ3) is 17.4. The molecule has 0 aromatic carbocycles. The maximum Gasteiger partial charge on any atom is 0.129 e. The number of rotatable bonds is 15. The van der Waals surface area contributed by atoms with Gasteiger partial charge in [0.1, 0.15) is 5.78 Å². The summed E-state index contributed by atoms with van der Waals surface area (Å²) in [5.41, 5.74) is 1.58. The lowest BCUT2D eigenvalue weighted by atomic mass is 10.0. The second-order valence-corrected chi connectivity index (χ2v) is 6.58. The van der Waals surface area contributed by atoms with Gasteiger partial charge in [-0.3, -0.25) is 0 Å². The van der Waals surface area contributed by atoms with Crippen molar-refractivity contribution >= 4 is 5.78 Å². The van der Waals surface area contributed by atoms with Crippen molar-refractivity contribution in [3.63, 3.8) is 0 Å². The molecule has 0 heterocycles. The summed E-state index contributed by atoms with van der Waals surface area (Å²) in [6.45, 7) is 6.25. The molecule has 0 saturated heterocycles. The SMILES string of the molecule is CCCCCCCC/C=C(\C)CCCCCCCC(C)=O. The van der Waals surface area contributed by atoms with E-state index in [0.717, 1.165) is 12.8 Å². The van der Waals surface area contributed by atoms with E-state index in [1.54, 1.807) is 12.5 Å². The van der Waals surface area contributed by atoms with E-state index in [-0.39, 0.29) is 0 Å². The number of hydrogen-bond donors (Lipinski definition) is 0. The molecule has 0 N–H and O–H groups in total. The van der Waals surface area contributed by atoms with Crippen molar-refractivity contribution in [1.29, 1.82) is 0 Å². The first-order valence-electron chi connectivity index (χ1n) is 9.32. The van der Waals surface area contributed by atoms with Crippen LogP contribution in [0.1, 0.15) is 111 Å². The Hall–Kier alpha value is -0.590. The van der Waals surface area contributed by atoms with Gasteiger partial charge in [0.05, 0.1) is 0 Å². The van der Waals surface area contributed by atoms with Gasteiger partial charge < -0.3 is 4.79 Å². The second-order valence-electron chi connectivity index (χ2n) is 6.58. The maximum absolute atomic E-state index is 10.8. The first kappa shape index (κ1) is 20.4. The highest BCUT2D eigenvalue weighted by Crippen LogP contribution is 2.14. The van der Waals surface area contributed by atoms with Crippen molar-refractivity contribution in [2.75, 3.05) is 0 Å². The third-order valence-electron chi connectivity index (χ3n) is 4.15. The largest absolute Gasteiger partial charge is 0.300 e. The molecule has 0 amide bonds. The molecule has 0 atom stereocenters. The minimum absolute atomic E-state index is 0.337. The van der Waals surface area contributed by atoms with Crippen LogP contribution in [0.3, 0.4) is 0 Å². The normalized spacial score (nSPS) is 11.9. The lowest BCUT2D eigenvalue weighted by molar-refractivity contribution is -0.117. The van der Waals surface area contributed by atoms with Gasteiger partial charge in [-0.15, -0.1) is 0 Å². The summed E-state index contributed by atoms with van der Waals surface area (Å²) in [5.74, 6) is 0.337. The fourth-order valence-corrected chi connectivity index (χ4v) is 2.68. The Morgan fingerprint density at radius 1 is 0.714 bits per heavy atom. The summed E-state index contributed by atoms with van der Waals surface area (Å²) < 4.78 is 0. The number of hydrogen-bond acceptors (Lipinski definition) is 1. The molecular weight excluding hydrogens is 256 g/mol. The molecule has 0 aromatic heterocycles. The fourth-order valence-electron chi connectivity index (χ4n) is 2.68. The van der Waals surface area contributed by atoms with Gasteiger partial charge in [0, 0.05) is 6.42 Å². The predicted molar refractivity (Wildman–Crippen MR) is 94.8 cm³/mol. The molecule has 0 aliphatic carbocycles. The minimum Gasteiger partial charge on any atom is -0.300 e. The highest BCUT2D eigenvalue weighted by Gasteiger charge is 1.96. The van der Waals surface area contributed by atoms with Gasteiger partial charge >= 0.3 is 0 Å². The van der Waals surface area contributed by atoms with Gasteiger partial charge in [0.25, 0.3) is 0 Å². The van der Waals surface area contributed by atoms with E-state index in [4.69, 9.17) is 0 Å². The van der Waals surface area contributed by atoms with Gasteiger partial charge in [-0.1, -0.05) is 69.9 Å². The molecule has 0 rings (SSSR count). The van der Waals surface area contributed by atoms with Crippen LogP contribution in [0.4, 0.5) is 0 Å². The zero-order chi connectivity index (χ0) is 15.8. The zero-order valence-corrected chi connectivity index (χ0v) is 14.9. The molecule has 0 aliphatic heterocycles. The Labute approximate surface area is 133 Å². The molecule has 0 saturated carbocycles. The number of ketones is 1. The van der Waals surface area contributed by atoms with Crippen molar-refractivity contribution in [2.45, 2.75) is 111 Å². The second kappa shape index (κ2) is 15.8. The lowest BCUT2D eigenvalue weighted by Crippen LogP contribution is -1.89. The van der Waals surface area contributed by atoms with E-state index in [2.05, 4.69) is 19.9 Å². The van der Waals surface area contributed by atoms with Crippen LogP contribution < -0.4 is 0 Å². The highest BCUT2D eigenvalue weighted by molar-refractivity contribution is 5.75. The maximum atomic E-state index is 10.8. The van der Waals surface area contributed by atoms with Gasteiger partial charge in [0.15, 0.2) is 0 Å². The molecule has 124 valence electrons. The third-order valence-corrected chi connectivity index (χ3v) is 4.15. The molecule has 0 aliphatic rings. The first-order chi connectivity index (χ1) is 10.2. The highest BCUT2D eigenvalue weighted by atomic mass is 16.1. The summed E-state index contributed by atoms with van der Waals surface area (Å²) in [5, 5.41) is 0. The Morgan fingerprint density at radius 2 is 1.24 bits per heavy atom. The van der Waals surface area contributed by atoms with E-state index < -0.39 is 0 Å². The van der Waals surface area contributed by atoms with Gasteiger partial charge in [-0.2, -0.15) is 0 Å². The minimum atomic E-state index is 0.337. The van der Waals surface area contributed by atoms with Crippen molar-refractivity contribution in [3.05, 3.63) is 11.6 Å². The van der Waals surface area contributed by atoms with Crippen molar-refractivity contribution in [3.8, 4) is 0 Å². The molecule has 0 radical (unpaired) electrons. The van der Waals surface area contributed by atoms with E-state index in [9.17, 15) is 4.79 Å². The van der Waals surface area contributed by atoms with E-state index >= 15 is 0 Å². The molecular formula is C20H38O. The molecule has 1 heteroatoms. The predicted octanol–water partition coefficient (Wildman–Crippen LogP) is 7.00. The summed E-state index contributed by atoms with van der Waals surface area (Å²) in [6.07, 6.45) is 20.4. The monoisotopic (exact) mass is 294 g/mol. The van der Waals surface area contributed by atoms with E-state index in [1.807, 2.05) is 0 Å².